The largest absolute Gasteiger partial charge is 0.494 e. The number of nitrogens with one attached hydrogen (secondary N) is 1. The van der Waals surface area contributed by atoms with Crippen LogP contribution < -0.4 is 10.1 Å². The van der Waals surface area contributed by atoms with Gasteiger partial charge >= 0.3 is 0 Å². The fourth-order valence-corrected chi connectivity index (χ4v) is 1.97. The molecule has 1 amide bonds. The van der Waals surface area contributed by atoms with Crippen molar-refractivity contribution in [1.29, 1.82) is 0 Å². The topological polar surface area (TPSA) is 64.4 Å². The van der Waals surface area contributed by atoms with Crippen LogP contribution in [0.1, 0.15) is 41.6 Å². The van der Waals surface area contributed by atoms with Gasteiger partial charge in [-0.25, -0.2) is 0 Å². The highest BCUT2D eigenvalue weighted by atomic mass is 16.5. The predicted molar refractivity (Wildman–Crippen MR) is 84.1 cm³/mol. The minimum Gasteiger partial charge on any atom is -0.494 e. The number of nitrogens with zero attached hydrogens (tertiary/aromatic N) is 1. The maximum absolute atomic E-state index is 12.0. The van der Waals surface area contributed by atoms with E-state index in [0.29, 0.717) is 25.1 Å². The van der Waals surface area contributed by atoms with E-state index >= 15 is 0 Å². The normalized spacial score (nSPS) is 10.5. The molecule has 0 fully saturated rings. The summed E-state index contributed by atoms with van der Waals surface area (Å²) in [6.07, 6.45) is 2.76. The smallest absolute Gasteiger partial charge is 0.251 e. The van der Waals surface area contributed by atoms with Gasteiger partial charge in [0.25, 0.3) is 5.91 Å². The highest BCUT2D eigenvalue weighted by Gasteiger charge is 2.06. The first kappa shape index (κ1) is 16.1. The Morgan fingerprint density at radius 3 is 2.73 bits per heavy atom. The number of ether oxygens (including phenoxy) is 1. The Morgan fingerprint density at radius 2 is 2.09 bits per heavy atom. The van der Waals surface area contributed by atoms with Crippen LogP contribution in [0.3, 0.4) is 0 Å². The maximum atomic E-state index is 12.0. The van der Waals surface area contributed by atoms with Gasteiger partial charge in [0.05, 0.1) is 12.3 Å². The molecule has 0 bridgehead atoms. The van der Waals surface area contributed by atoms with E-state index in [9.17, 15) is 4.79 Å². The Morgan fingerprint density at radius 1 is 1.32 bits per heavy atom. The van der Waals surface area contributed by atoms with Crippen molar-refractivity contribution in [3.8, 4) is 5.75 Å². The maximum Gasteiger partial charge on any atom is 0.251 e. The number of hydrogen-bond acceptors (Lipinski definition) is 4. The molecule has 0 unspecified atom stereocenters. The van der Waals surface area contributed by atoms with Gasteiger partial charge in [0.1, 0.15) is 11.5 Å². The molecule has 2 aromatic rings. The standard InChI is InChI=1S/C17H22N2O3/c1-3-4-11-21-15-7-5-14(6-8-15)17(20)18-10-9-16-12-13(2)19-22-16/h5-8,12H,3-4,9-11H2,1-2H3,(H,18,20). The molecule has 1 heterocycles. The number of carbonyl (C=O) groups is 1. The second kappa shape index (κ2) is 8.22. The average Bonchev–Trinajstić information content (AvgIpc) is 2.93. The Labute approximate surface area is 130 Å². The molecule has 1 aromatic heterocycles. The van der Waals surface area contributed by atoms with Crippen LogP contribution in [0, 0.1) is 6.92 Å². The molecule has 5 heteroatoms. The molecule has 0 spiro atoms. The monoisotopic (exact) mass is 302 g/mol. The Hall–Kier alpha value is -2.30. The summed E-state index contributed by atoms with van der Waals surface area (Å²) >= 11 is 0. The summed E-state index contributed by atoms with van der Waals surface area (Å²) < 4.78 is 10.7. The molecule has 0 saturated carbocycles. The summed E-state index contributed by atoms with van der Waals surface area (Å²) in [4.78, 5) is 12.0. The number of amides is 1. The first-order valence-electron chi connectivity index (χ1n) is 7.62. The van der Waals surface area contributed by atoms with Crippen molar-refractivity contribution in [1.82, 2.24) is 10.5 Å². The van der Waals surface area contributed by atoms with Crippen LogP contribution in [0.5, 0.6) is 5.75 Å². The van der Waals surface area contributed by atoms with Crippen LogP contribution in [-0.4, -0.2) is 24.2 Å². The molecular formula is C17H22N2O3. The minimum atomic E-state index is -0.101. The van der Waals surface area contributed by atoms with Crippen LogP contribution in [0.4, 0.5) is 0 Å². The molecule has 1 N–H and O–H groups in total. The summed E-state index contributed by atoms with van der Waals surface area (Å²) in [5.41, 5.74) is 1.47. The van der Waals surface area contributed by atoms with E-state index in [0.717, 1.165) is 30.0 Å². The van der Waals surface area contributed by atoms with Gasteiger partial charge in [-0.2, -0.15) is 0 Å². The fraction of sp³-hybridized carbons (Fsp3) is 0.412. The lowest BCUT2D eigenvalue weighted by Crippen LogP contribution is -2.25. The second-order valence-corrected chi connectivity index (χ2v) is 5.17. The number of carbonyl (C=O) groups excluding carboxylic acids is 1. The van der Waals surface area contributed by atoms with Crippen molar-refractivity contribution in [2.45, 2.75) is 33.1 Å². The molecule has 0 aliphatic rings. The number of hydrogen-bond donors (Lipinski definition) is 1. The van der Waals surface area contributed by atoms with Crippen molar-refractivity contribution < 1.29 is 14.1 Å². The highest BCUT2D eigenvalue weighted by Crippen LogP contribution is 2.12. The van der Waals surface area contributed by atoms with Crippen LogP contribution in [0.2, 0.25) is 0 Å². The molecule has 0 radical (unpaired) electrons. The zero-order valence-electron chi connectivity index (χ0n) is 13.1. The summed E-state index contributed by atoms with van der Waals surface area (Å²) in [6, 6.07) is 9.06. The number of benzene rings is 1. The van der Waals surface area contributed by atoms with Gasteiger partial charge in [-0.15, -0.1) is 0 Å². The third-order valence-corrected chi connectivity index (χ3v) is 3.22. The molecule has 2 rings (SSSR count). The zero-order valence-corrected chi connectivity index (χ0v) is 13.1. The Bertz CT molecular complexity index is 590. The number of unbranched alkanes of at least 4 members (excludes halogenated alkanes) is 1. The molecule has 0 aliphatic carbocycles. The lowest BCUT2D eigenvalue weighted by atomic mass is 10.2. The number of rotatable bonds is 8. The first-order chi connectivity index (χ1) is 10.7. The third-order valence-electron chi connectivity index (χ3n) is 3.22. The van der Waals surface area contributed by atoms with Crippen molar-refractivity contribution >= 4 is 5.91 Å². The van der Waals surface area contributed by atoms with Gasteiger partial charge in [0.15, 0.2) is 0 Å². The molecule has 5 nitrogen and oxygen atoms in total. The van der Waals surface area contributed by atoms with Gasteiger partial charge in [0.2, 0.25) is 0 Å². The summed E-state index contributed by atoms with van der Waals surface area (Å²) in [5, 5.41) is 6.67. The lowest BCUT2D eigenvalue weighted by molar-refractivity contribution is 0.0953. The van der Waals surface area contributed by atoms with E-state index in [1.165, 1.54) is 0 Å². The van der Waals surface area contributed by atoms with Crippen molar-refractivity contribution in [2.24, 2.45) is 0 Å². The van der Waals surface area contributed by atoms with E-state index < -0.39 is 0 Å². The Kier molecular flexibility index (Phi) is 6.01. The highest BCUT2D eigenvalue weighted by molar-refractivity contribution is 5.94. The van der Waals surface area contributed by atoms with Crippen LogP contribution in [0.25, 0.3) is 0 Å². The van der Waals surface area contributed by atoms with Crippen LogP contribution in [0.15, 0.2) is 34.9 Å². The second-order valence-electron chi connectivity index (χ2n) is 5.17. The van der Waals surface area contributed by atoms with Crippen molar-refractivity contribution in [3.63, 3.8) is 0 Å². The summed E-state index contributed by atoms with van der Waals surface area (Å²) in [7, 11) is 0. The first-order valence-corrected chi connectivity index (χ1v) is 7.62. The lowest BCUT2D eigenvalue weighted by Gasteiger charge is -2.07. The molecule has 1 aromatic carbocycles. The molecule has 0 atom stereocenters. The van der Waals surface area contributed by atoms with E-state index in [1.54, 1.807) is 12.1 Å². The van der Waals surface area contributed by atoms with E-state index in [-0.39, 0.29) is 5.91 Å². The quantitative estimate of drug-likeness (QED) is 0.761. The Balaban J connectivity index is 1.77. The number of aryl methyl sites for hydroxylation is 1. The molecule has 0 saturated heterocycles. The van der Waals surface area contributed by atoms with E-state index in [4.69, 9.17) is 9.26 Å². The fourth-order valence-electron chi connectivity index (χ4n) is 1.97. The van der Waals surface area contributed by atoms with Crippen LogP contribution >= 0.6 is 0 Å². The van der Waals surface area contributed by atoms with E-state index in [2.05, 4.69) is 17.4 Å². The SMILES string of the molecule is CCCCOc1ccc(C(=O)NCCc2cc(C)no2)cc1. The summed E-state index contributed by atoms with van der Waals surface area (Å²) in [5.74, 6) is 1.47. The molecule has 0 aliphatic heterocycles. The molecule has 22 heavy (non-hydrogen) atoms. The third kappa shape index (κ3) is 4.91. The van der Waals surface area contributed by atoms with Gasteiger partial charge < -0.3 is 14.6 Å². The van der Waals surface area contributed by atoms with Gasteiger partial charge in [-0.3, -0.25) is 4.79 Å². The van der Waals surface area contributed by atoms with Crippen molar-refractivity contribution in [3.05, 3.63) is 47.3 Å². The van der Waals surface area contributed by atoms with E-state index in [1.807, 2.05) is 25.1 Å². The van der Waals surface area contributed by atoms with Gasteiger partial charge in [-0.1, -0.05) is 18.5 Å². The van der Waals surface area contributed by atoms with Crippen molar-refractivity contribution in [2.75, 3.05) is 13.2 Å². The zero-order chi connectivity index (χ0) is 15.8. The number of aromatic nitrogens is 1. The molecule has 118 valence electrons. The molecular weight excluding hydrogens is 280 g/mol. The average molecular weight is 302 g/mol. The van der Waals surface area contributed by atoms with Crippen LogP contribution in [-0.2, 0) is 6.42 Å². The van der Waals surface area contributed by atoms with Gasteiger partial charge in [-0.05, 0) is 37.6 Å². The minimum absolute atomic E-state index is 0.101. The van der Waals surface area contributed by atoms with Gasteiger partial charge in [0, 0.05) is 24.6 Å². The summed E-state index contributed by atoms with van der Waals surface area (Å²) in [6.45, 7) is 5.22. The predicted octanol–water partition coefficient (Wildman–Crippen LogP) is 3.13.